The first-order valence-corrected chi connectivity index (χ1v) is 13.2. The van der Waals surface area contributed by atoms with Gasteiger partial charge in [-0.1, -0.05) is 19.1 Å². The van der Waals surface area contributed by atoms with E-state index in [0.717, 1.165) is 0 Å². The van der Waals surface area contributed by atoms with Crippen molar-refractivity contribution in [3.05, 3.63) is 34.9 Å². The molecule has 39 heavy (non-hydrogen) atoms. The number of nitrogens with one attached hydrogen (secondary N) is 2. The van der Waals surface area contributed by atoms with Crippen molar-refractivity contribution >= 4 is 46.8 Å². The highest BCUT2D eigenvalue weighted by atomic mass is 16.2. The van der Waals surface area contributed by atoms with Crippen molar-refractivity contribution in [3.63, 3.8) is 0 Å². The van der Waals surface area contributed by atoms with Crippen LogP contribution < -0.4 is 10.6 Å². The number of ketones is 4. The van der Waals surface area contributed by atoms with Crippen LogP contribution in [0.25, 0.3) is 0 Å². The van der Waals surface area contributed by atoms with Crippen LogP contribution in [0.15, 0.2) is 18.2 Å². The van der Waals surface area contributed by atoms with Gasteiger partial charge in [-0.25, -0.2) is 0 Å². The number of piperidine rings is 1. The standard InChI is InChI=1S/C28H33N3O8/c1-2-19(32)4-5-20(33)6-7-21(34)8-9-22(35)14-26(37)29-15-17-3-10-23-18(13-17)16-31(28(23)39)24-11-12-25(36)30-27(24)38/h3,10,13,24H,2,4-9,11-12,14-16H2,1H3,(H,29,37)(H,30,36,38). The van der Waals surface area contributed by atoms with Gasteiger partial charge in [0, 0.05) is 70.0 Å². The minimum atomic E-state index is -0.708. The van der Waals surface area contributed by atoms with E-state index < -0.39 is 17.9 Å². The lowest BCUT2D eigenvalue weighted by molar-refractivity contribution is -0.137. The van der Waals surface area contributed by atoms with Gasteiger partial charge in [-0.05, 0) is 23.6 Å². The number of carbonyl (C=O) groups excluding carboxylic acids is 8. The minimum Gasteiger partial charge on any atom is -0.352 e. The van der Waals surface area contributed by atoms with Gasteiger partial charge in [-0.15, -0.1) is 0 Å². The lowest BCUT2D eigenvalue weighted by atomic mass is 10.0. The maximum atomic E-state index is 12.8. The Bertz CT molecular complexity index is 1210. The van der Waals surface area contributed by atoms with E-state index in [0.29, 0.717) is 23.1 Å². The third kappa shape index (κ3) is 8.49. The van der Waals surface area contributed by atoms with Gasteiger partial charge >= 0.3 is 0 Å². The molecule has 0 saturated carbocycles. The summed E-state index contributed by atoms with van der Waals surface area (Å²) in [5.74, 6) is -2.40. The van der Waals surface area contributed by atoms with Crippen molar-refractivity contribution in [1.82, 2.24) is 15.5 Å². The fraction of sp³-hybridized carbons (Fsp3) is 0.500. The molecule has 1 saturated heterocycles. The van der Waals surface area contributed by atoms with Crippen LogP contribution in [0.4, 0.5) is 0 Å². The number of hydrogen-bond donors (Lipinski definition) is 2. The van der Waals surface area contributed by atoms with Gasteiger partial charge in [0.25, 0.3) is 5.91 Å². The van der Waals surface area contributed by atoms with E-state index in [9.17, 15) is 38.4 Å². The van der Waals surface area contributed by atoms with Gasteiger partial charge in [0.1, 0.15) is 29.2 Å². The van der Waals surface area contributed by atoms with Crippen molar-refractivity contribution in [2.75, 3.05) is 0 Å². The predicted molar refractivity (Wildman–Crippen MR) is 137 cm³/mol. The van der Waals surface area contributed by atoms with Crippen molar-refractivity contribution in [1.29, 1.82) is 0 Å². The molecule has 0 aliphatic carbocycles. The molecule has 208 valence electrons. The highest BCUT2D eigenvalue weighted by Gasteiger charge is 2.39. The van der Waals surface area contributed by atoms with E-state index in [1.54, 1.807) is 25.1 Å². The van der Waals surface area contributed by atoms with Crippen molar-refractivity contribution < 1.29 is 38.4 Å². The van der Waals surface area contributed by atoms with Gasteiger partial charge in [0.2, 0.25) is 17.7 Å². The van der Waals surface area contributed by atoms with Crippen molar-refractivity contribution in [2.24, 2.45) is 0 Å². The molecule has 11 nitrogen and oxygen atoms in total. The van der Waals surface area contributed by atoms with E-state index in [4.69, 9.17) is 0 Å². The van der Waals surface area contributed by atoms with Gasteiger partial charge in [-0.3, -0.25) is 43.7 Å². The molecule has 1 aromatic carbocycles. The molecule has 0 spiro atoms. The molecule has 3 rings (SSSR count). The molecule has 1 atom stereocenters. The van der Waals surface area contributed by atoms with Crippen LogP contribution in [0.2, 0.25) is 0 Å². The molecule has 2 heterocycles. The molecule has 1 aromatic rings. The van der Waals surface area contributed by atoms with Crippen molar-refractivity contribution in [3.8, 4) is 0 Å². The molecule has 0 radical (unpaired) electrons. The first-order chi connectivity index (χ1) is 18.6. The zero-order chi connectivity index (χ0) is 28.5. The van der Waals surface area contributed by atoms with Gasteiger partial charge in [0.15, 0.2) is 0 Å². The SMILES string of the molecule is CCC(=O)CCC(=O)CCC(=O)CCC(=O)CC(=O)NCc1ccc2c(c1)CN(C1CCC(=O)NC1=O)C2=O. The van der Waals surface area contributed by atoms with Crippen LogP contribution in [0.5, 0.6) is 0 Å². The van der Waals surface area contributed by atoms with Crippen LogP contribution in [0.3, 0.4) is 0 Å². The Morgan fingerprint density at radius 1 is 0.897 bits per heavy atom. The predicted octanol–water partition coefficient (Wildman–Crippen LogP) is 1.48. The monoisotopic (exact) mass is 539 g/mol. The summed E-state index contributed by atoms with van der Waals surface area (Å²) >= 11 is 0. The summed E-state index contributed by atoms with van der Waals surface area (Å²) in [4.78, 5) is 97.1. The molecule has 0 aromatic heterocycles. The fourth-order valence-electron chi connectivity index (χ4n) is 4.53. The number of Topliss-reactive ketones (excluding diaryl/α,β-unsaturated/α-hetero) is 4. The third-order valence-electron chi connectivity index (χ3n) is 6.88. The normalized spacial score (nSPS) is 16.5. The Hall–Kier alpha value is -4.02. The maximum Gasteiger partial charge on any atom is 0.255 e. The van der Waals surface area contributed by atoms with Crippen LogP contribution in [-0.2, 0) is 46.7 Å². The first-order valence-electron chi connectivity index (χ1n) is 13.2. The zero-order valence-electron chi connectivity index (χ0n) is 22.0. The number of benzene rings is 1. The van der Waals surface area contributed by atoms with Crippen LogP contribution in [0.1, 0.15) is 92.6 Å². The fourth-order valence-corrected chi connectivity index (χ4v) is 4.53. The molecule has 2 N–H and O–H groups in total. The summed E-state index contributed by atoms with van der Waals surface area (Å²) in [6.07, 6.45) is 0.665. The summed E-state index contributed by atoms with van der Waals surface area (Å²) in [6.45, 7) is 2.08. The van der Waals surface area contributed by atoms with E-state index in [1.165, 1.54) is 4.90 Å². The van der Waals surface area contributed by atoms with E-state index in [-0.39, 0.29) is 106 Å². The minimum absolute atomic E-state index is 0.00116. The van der Waals surface area contributed by atoms with Crippen LogP contribution in [-0.4, -0.2) is 57.7 Å². The van der Waals surface area contributed by atoms with Gasteiger partial charge < -0.3 is 10.2 Å². The Morgan fingerprint density at radius 2 is 1.51 bits per heavy atom. The third-order valence-corrected chi connectivity index (χ3v) is 6.88. The second-order valence-corrected chi connectivity index (χ2v) is 9.85. The molecular weight excluding hydrogens is 506 g/mol. The highest BCUT2D eigenvalue weighted by molar-refractivity contribution is 6.05. The quantitative estimate of drug-likeness (QED) is 0.250. The summed E-state index contributed by atoms with van der Waals surface area (Å²) in [6, 6.07) is 4.37. The first kappa shape index (κ1) is 29.5. The lowest BCUT2D eigenvalue weighted by Gasteiger charge is -2.29. The van der Waals surface area contributed by atoms with Crippen LogP contribution in [0, 0.1) is 0 Å². The van der Waals surface area contributed by atoms with E-state index >= 15 is 0 Å². The summed E-state index contributed by atoms with van der Waals surface area (Å²) < 4.78 is 0. The number of rotatable bonds is 15. The van der Waals surface area contributed by atoms with E-state index in [2.05, 4.69) is 10.6 Å². The average Bonchev–Trinajstić information content (AvgIpc) is 3.23. The highest BCUT2D eigenvalue weighted by Crippen LogP contribution is 2.28. The Kier molecular flexibility index (Phi) is 10.4. The molecule has 0 bridgehead atoms. The number of hydrogen-bond acceptors (Lipinski definition) is 8. The summed E-state index contributed by atoms with van der Waals surface area (Å²) in [5.41, 5.74) is 1.89. The topological polar surface area (TPSA) is 164 Å². The van der Waals surface area contributed by atoms with Gasteiger partial charge in [-0.2, -0.15) is 0 Å². The molecule has 1 unspecified atom stereocenters. The number of fused-ring (bicyclic) bond motifs is 1. The lowest BCUT2D eigenvalue weighted by Crippen LogP contribution is -2.52. The van der Waals surface area contributed by atoms with Gasteiger partial charge in [0.05, 0.1) is 6.42 Å². The zero-order valence-corrected chi connectivity index (χ0v) is 22.0. The second-order valence-electron chi connectivity index (χ2n) is 9.85. The maximum absolute atomic E-state index is 12.8. The van der Waals surface area contributed by atoms with Crippen molar-refractivity contribution in [2.45, 2.75) is 90.3 Å². The molecule has 2 aliphatic heterocycles. The molecule has 11 heteroatoms. The number of imide groups is 1. The number of carbonyl (C=O) groups is 8. The smallest absolute Gasteiger partial charge is 0.255 e. The summed E-state index contributed by atoms with van der Waals surface area (Å²) in [5, 5.41) is 4.92. The number of amides is 4. The van der Waals surface area contributed by atoms with E-state index in [1.807, 2.05) is 0 Å². The number of nitrogens with zero attached hydrogens (tertiary/aromatic N) is 1. The molecule has 1 fully saturated rings. The molecular formula is C28H33N3O8. The summed E-state index contributed by atoms with van der Waals surface area (Å²) in [7, 11) is 0. The Labute approximate surface area is 226 Å². The Morgan fingerprint density at radius 3 is 2.13 bits per heavy atom. The second kappa shape index (κ2) is 13.7. The largest absolute Gasteiger partial charge is 0.352 e. The molecule has 4 amide bonds. The Balaban J connectivity index is 1.38. The average molecular weight is 540 g/mol. The van der Waals surface area contributed by atoms with Crippen LogP contribution >= 0.6 is 0 Å². The molecule has 2 aliphatic rings.